The van der Waals surface area contributed by atoms with Crippen LogP contribution in [0.2, 0.25) is 0 Å². The standard InChI is InChI=1S/C13H11N3O3S/c14-8-1-2-10-11(4-8)16-13(15-10)20-6-9-3-7(5-19-9)12(17)18/h1-5H,6,14H2,(H,15,16)(H,17,18). The number of aromatic nitrogens is 2. The Morgan fingerprint density at radius 2 is 2.30 bits per heavy atom. The average Bonchev–Trinajstić information content (AvgIpc) is 3.01. The number of carboxylic acids is 1. The number of nitrogen functional groups attached to an aromatic ring is 1. The second-order valence-electron chi connectivity index (χ2n) is 4.21. The van der Waals surface area contributed by atoms with Gasteiger partial charge in [-0.3, -0.25) is 0 Å². The van der Waals surface area contributed by atoms with Gasteiger partial charge >= 0.3 is 5.97 Å². The summed E-state index contributed by atoms with van der Waals surface area (Å²) in [6, 6.07) is 6.97. The highest BCUT2D eigenvalue weighted by Crippen LogP contribution is 2.24. The van der Waals surface area contributed by atoms with Crippen LogP contribution in [0.5, 0.6) is 0 Å². The van der Waals surface area contributed by atoms with Gasteiger partial charge in [-0.2, -0.15) is 0 Å². The number of furan rings is 1. The van der Waals surface area contributed by atoms with E-state index in [-0.39, 0.29) is 5.56 Å². The molecule has 0 fully saturated rings. The molecule has 6 nitrogen and oxygen atoms in total. The molecule has 0 saturated carbocycles. The fourth-order valence-corrected chi connectivity index (χ4v) is 2.56. The Kier molecular flexibility index (Phi) is 3.11. The number of nitrogens with two attached hydrogens (primary N) is 1. The maximum atomic E-state index is 10.7. The summed E-state index contributed by atoms with van der Waals surface area (Å²) in [4.78, 5) is 18.3. The third-order valence-electron chi connectivity index (χ3n) is 2.74. The third kappa shape index (κ3) is 2.48. The second-order valence-corrected chi connectivity index (χ2v) is 5.18. The normalized spacial score (nSPS) is 11.0. The van der Waals surface area contributed by atoms with Crippen molar-refractivity contribution in [1.82, 2.24) is 9.97 Å². The van der Waals surface area contributed by atoms with Crippen LogP contribution in [0, 0.1) is 0 Å². The van der Waals surface area contributed by atoms with Gasteiger partial charge < -0.3 is 20.2 Å². The summed E-state index contributed by atoms with van der Waals surface area (Å²) < 4.78 is 5.18. The molecule has 7 heteroatoms. The number of aromatic amines is 1. The van der Waals surface area contributed by atoms with Crippen LogP contribution in [0.4, 0.5) is 5.69 Å². The molecule has 0 amide bonds. The number of carbonyl (C=O) groups is 1. The topological polar surface area (TPSA) is 105 Å². The number of rotatable bonds is 4. The first-order valence-corrected chi connectivity index (χ1v) is 6.79. The Morgan fingerprint density at radius 1 is 1.45 bits per heavy atom. The first-order chi connectivity index (χ1) is 9.61. The minimum Gasteiger partial charge on any atom is -0.478 e. The number of hydrogen-bond donors (Lipinski definition) is 3. The maximum absolute atomic E-state index is 10.7. The number of H-pyrrole nitrogens is 1. The highest BCUT2D eigenvalue weighted by molar-refractivity contribution is 7.98. The number of hydrogen-bond acceptors (Lipinski definition) is 5. The zero-order valence-corrected chi connectivity index (χ0v) is 11.1. The van der Waals surface area contributed by atoms with Crippen LogP contribution in [0.25, 0.3) is 11.0 Å². The van der Waals surface area contributed by atoms with E-state index in [2.05, 4.69) is 9.97 Å². The van der Waals surface area contributed by atoms with Crippen LogP contribution in [-0.4, -0.2) is 21.0 Å². The fraction of sp³-hybridized carbons (Fsp3) is 0.0769. The number of anilines is 1. The van der Waals surface area contributed by atoms with Gasteiger partial charge in [0.1, 0.15) is 12.0 Å². The molecule has 0 bridgehead atoms. The summed E-state index contributed by atoms with van der Waals surface area (Å²) in [6.45, 7) is 0. The Bertz CT molecular complexity index is 778. The summed E-state index contributed by atoms with van der Waals surface area (Å²) in [5, 5.41) is 9.54. The molecule has 0 saturated heterocycles. The summed E-state index contributed by atoms with van der Waals surface area (Å²) in [5.41, 5.74) is 8.24. The molecule has 0 unspecified atom stereocenters. The maximum Gasteiger partial charge on any atom is 0.338 e. The molecule has 0 aliphatic rings. The van der Waals surface area contributed by atoms with Crippen molar-refractivity contribution < 1.29 is 14.3 Å². The van der Waals surface area contributed by atoms with E-state index in [1.807, 2.05) is 12.1 Å². The van der Waals surface area contributed by atoms with E-state index in [1.54, 1.807) is 6.07 Å². The molecule has 3 aromatic rings. The van der Waals surface area contributed by atoms with Crippen molar-refractivity contribution >= 4 is 34.5 Å². The molecule has 0 atom stereocenters. The molecule has 0 spiro atoms. The third-order valence-corrected chi connectivity index (χ3v) is 3.63. The van der Waals surface area contributed by atoms with Gasteiger partial charge in [0, 0.05) is 5.69 Å². The van der Waals surface area contributed by atoms with Crippen molar-refractivity contribution in [3.63, 3.8) is 0 Å². The number of carboxylic acid groups (broad SMARTS) is 1. The van der Waals surface area contributed by atoms with Crippen LogP contribution in [0.3, 0.4) is 0 Å². The average molecular weight is 289 g/mol. The fourth-order valence-electron chi connectivity index (χ4n) is 1.78. The van der Waals surface area contributed by atoms with Crippen molar-refractivity contribution in [2.75, 3.05) is 5.73 Å². The first-order valence-electron chi connectivity index (χ1n) is 5.80. The van der Waals surface area contributed by atoms with Gasteiger partial charge in [0.2, 0.25) is 0 Å². The van der Waals surface area contributed by atoms with E-state index >= 15 is 0 Å². The molecule has 2 aromatic heterocycles. The van der Waals surface area contributed by atoms with Crippen LogP contribution < -0.4 is 5.73 Å². The molecule has 3 rings (SSSR count). The molecule has 0 aliphatic heterocycles. The number of fused-ring (bicyclic) bond motifs is 1. The first kappa shape index (κ1) is 12.6. The zero-order chi connectivity index (χ0) is 14.1. The predicted molar refractivity (Wildman–Crippen MR) is 75.7 cm³/mol. The lowest BCUT2D eigenvalue weighted by molar-refractivity contribution is 0.0696. The minimum atomic E-state index is -0.996. The number of nitrogens with one attached hydrogen (secondary N) is 1. The molecular weight excluding hydrogens is 278 g/mol. The smallest absolute Gasteiger partial charge is 0.338 e. The van der Waals surface area contributed by atoms with Crippen molar-refractivity contribution in [2.45, 2.75) is 10.9 Å². The second kappa shape index (κ2) is 4.93. The largest absolute Gasteiger partial charge is 0.478 e. The van der Waals surface area contributed by atoms with Gasteiger partial charge in [0.05, 0.1) is 22.3 Å². The number of aromatic carboxylic acids is 1. The molecule has 2 heterocycles. The summed E-state index contributed by atoms with van der Waals surface area (Å²) in [5.74, 6) is 0.0966. The lowest BCUT2D eigenvalue weighted by Crippen LogP contribution is -1.91. The molecular formula is C13H11N3O3S. The van der Waals surface area contributed by atoms with Gasteiger partial charge in [-0.05, 0) is 24.3 Å². The van der Waals surface area contributed by atoms with Gasteiger partial charge in [0.25, 0.3) is 0 Å². The Morgan fingerprint density at radius 3 is 3.05 bits per heavy atom. The van der Waals surface area contributed by atoms with Crippen LogP contribution >= 0.6 is 11.8 Å². The molecule has 1 aromatic carbocycles. The van der Waals surface area contributed by atoms with Crippen molar-refractivity contribution in [3.05, 3.63) is 41.9 Å². The summed E-state index contributed by atoms with van der Waals surface area (Å²) in [7, 11) is 0. The van der Waals surface area contributed by atoms with Gasteiger partial charge in [0.15, 0.2) is 5.16 Å². The lowest BCUT2D eigenvalue weighted by atomic mass is 10.3. The van der Waals surface area contributed by atoms with Crippen LogP contribution in [0.15, 0.2) is 40.1 Å². The molecule has 0 aliphatic carbocycles. The monoisotopic (exact) mass is 289 g/mol. The van der Waals surface area contributed by atoms with Crippen molar-refractivity contribution in [3.8, 4) is 0 Å². The predicted octanol–water partition coefficient (Wildman–Crippen LogP) is 2.73. The molecule has 102 valence electrons. The van der Waals surface area contributed by atoms with E-state index in [4.69, 9.17) is 15.3 Å². The number of benzene rings is 1. The Hall–Kier alpha value is -2.41. The SMILES string of the molecule is Nc1ccc2nc(SCc3cc(C(=O)O)co3)[nH]c2c1. The van der Waals surface area contributed by atoms with E-state index < -0.39 is 5.97 Å². The quantitative estimate of drug-likeness (QED) is 0.504. The number of nitrogens with zero attached hydrogens (tertiary/aromatic N) is 1. The number of imidazole rings is 1. The number of thioether (sulfide) groups is 1. The van der Waals surface area contributed by atoms with Gasteiger partial charge in [-0.25, -0.2) is 9.78 Å². The van der Waals surface area contributed by atoms with E-state index in [0.717, 1.165) is 16.2 Å². The van der Waals surface area contributed by atoms with E-state index in [0.29, 0.717) is 17.2 Å². The summed E-state index contributed by atoms with van der Waals surface area (Å²) in [6.07, 6.45) is 1.23. The van der Waals surface area contributed by atoms with Crippen molar-refractivity contribution in [2.24, 2.45) is 0 Å². The minimum absolute atomic E-state index is 0.151. The van der Waals surface area contributed by atoms with Gasteiger partial charge in [-0.1, -0.05) is 11.8 Å². The van der Waals surface area contributed by atoms with Gasteiger partial charge in [-0.15, -0.1) is 0 Å². The Labute approximate surface area is 118 Å². The van der Waals surface area contributed by atoms with Crippen LogP contribution in [0.1, 0.15) is 16.1 Å². The van der Waals surface area contributed by atoms with E-state index in [1.165, 1.54) is 24.1 Å². The molecule has 0 radical (unpaired) electrons. The van der Waals surface area contributed by atoms with Crippen LogP contribution in [-0.2, 0) is 5.75 Å². The highest BCUT2D eigenvalue weighted by atomic mass is 32.2. The van der Waals surface area contributed by atoms with Crippen molar-refractivity contribution in [1.29, 1.82) is 0 Å². The molecule has 20 heavy (non-hydrogen) atoms. The zero-order valence-electron chi connectivity index (χ0n) is 10.3. The summed E-state index contributed by atoms with van der Waals surface area (Å²) >= 11 is 1.44. The lowest BCUT2D eigenvalue weighted by Gasteiger charge is -1.93. The highest BCUT2D eigenvalue weighted by Gasteiger charge is 2.10. The molecule has 4 N–H and O–H groups in total. The Balaban J connectivity index is 1.74. The van der Waals surface area contributed by atoms with E-state index in [9.17, 15) is 4.79 Å².